The molecule has 0 bridgehead atoms. The normalized spacial score (nSPS) is 21.8. The predicted molar refractivity (Wildman–Crippen MR) is 44.4 cm³/mol. The van der Waals surface area contributed by atoms with Crippen LogP contribution in [-0.2, 0) is 14.3 Å². The molecule has 1 rings (SSSR count). The average molecular weight is 168 g/mol. The molecular formula is C9H12O3. The minimum absolute atomic E-state index is 0.0155. The van der Waals surface area contributed by atoms with Gasteiger partial charge in [0, 0.05) is 5.57 Å². The number of carbonyl (C=O) groups excluding carboxylic acids is 1. The Bertz CT molecular complexity index is 236. The highest BCUT2D eigenvalue weighted by Gasteiger charge is 2.29. The number of hydrogen-bond acceptors (Lipinski definition) is 3. The van der Waals surface area contributed by atoms with Crippen molar-refractivity contribution in [1.82, 2.24) is 0 Å². The van der Waals surface area contributed by atoms with E-state index in [2.05, 4.69) is 6.58 Å². The lowest BCUT2D eigenvalue weighted by atomic mass is 10.3. The van der Waals surface area contributed by atoms with Crippen LogP contribution < -0.4 is 0 Å². The summed E-state index contributed by atoms with van der Waals surface area (Å²) in [5, 5.41) is 0. The number of epoxide rings is 1. The minimum atomic E-state index is -0.390. The summed E-state index contributed by atoms with van der Waals surface area (Å²) in [4.78, 5) is 11.0. The quantitative estimate of drug-likeness (QED) is 0.277. The summed E-state index contributed by atoms with van der Waals surface area (Å²) >= 11 is 0. The third-order valence-electron chi connectivity index (χ3n) is 1.49. The molecule has 0 saturated carbocycles. The molecule has 0 spiro atoms. The Hall–Kier alpha value is -1.09. The standard InChI is InChI=1S/C9H12O3/c1-4-7(8-5-11-8)12-9(10)6(2)3/h4,8H,2,5H2,1,3H3. The Morgan fingerprint density at radius 2 is 2.33 bits per heavy atom. The SMILES string of the molecule is C=C(C)C(=O)OC(=CC)C1CO1. The molecule has 3 heteroatoms. The summed E-state index contributed by atoms with van der Waals surface area (Å²) in [6.45, 7) is 7.54. The summed E-state index contributed by atoms with van der Waals surface area (Å²) in [5.74, 6) is 0.196. The molecule has 0 aromatic rings. The van der Waals surface area contributed by atoms with Gasteiger partial charge in [-0.2, -0.15) is 0 Å². The van der Waals surface area contributed by atoms with Gasteiger partial charge in [-0.05, 0) is 19.9 Å². The molecular weight excluding hydrogens is 156 g/mol. The highest BCUT2D eigenvalue weighted by Crippen LogP contribution is 2.21. The van der Waals surface area contributed by atoms with Gasteiger partial charge in [0.05, 0.1) is 6.61 Å². The molecule has 1 atom stereocenters. The lowest BCUT2D eigenvalue weighted by molar-refractivity contribution is -0.135. The molecule has 3 nitrogen and oxygen atoms in total. The Morgan fingerprint density at radius 3 is 2.67 bits per heavy atom. The Morgan fingerprint density at radius 1 is 1.75 bits per heavy atom. The number of ether oxygens (including phenoxy) is 2. The lowest BCUT2D eigenvalue weighted by Crippen LogP contribution is -2.08. The van der Waals surface area contributed by atoms with Gasteiger partial charge in [0.25, 0.3) is 0 Å². The molecule has 1 heterocycles. The van der Waals surface area contributed by atoms with E-state index in [4.69, 9.17) is 9.47 Å². The molecule has 1 unspecified atom stereocenters. The Kier molecular flexibility index (Phi) is 2.65. The second-order valence-corrected chi connectivity index (χ2v) is 2.68. The second kappa shape index (κ2) is 3.54. The van der Waals surface area contributed by atoms with Crippen molar-refractivity contribution < 1.29 is 14.3 Å². The van der Waals surface area contributed by atoms with E-state index in [0.29, 0.717) is 17.9 Å². The van der Waals surface area contributed by atoms with Gasteiger partial charge in [-0.25, -0.2) is 4.79 Å². The van der Waals surface area contributed by atoms with E-state index in [1.165, 1.54) is 0 Å². The van der Waals surface area contributed by atoms with Crippen molar-refractivity contribution in [1.29, 1.82) is 0 Å². The van der Waals surface area contributed by atoms with Crippen LogP contribution in [0.3, 0.4) is 0 Å². The van der Waals surface area contributed by atoms with Crippen molar-refractivity contribution >= 4 is 5.97 Å². The van der Waals surface area contributed by atoms with Crippen LogP contribution in [0.5, 0.6) is 0 Å². The maximum absolute atomic E-state index is 11.0. The van der Waals surface area contributed by atoms with Crippen LogP contribution in [0.25, 0.3) is 0 Å². The molecule has 0 radical (unpaired) electrons. The molecule has 1 fully saturated rings. The van der Waals surface area contributed by atoms with Crippen LogP contribution in [-0.4, -0.2) is 18.7 Å². The van der Waals surface area contributed by atoms with E-state index in [1.807, 2.05) is 6.92 Å². The molecule has 66 valence electrons. The lowest BCUT2D eigenvalue weighted by Gasteiger charge is -2.04. The molecule has 12 heavy (non-hydrogen) atoms. The van der Waals surface area contributed by atoms with Gasteiger partial charge < -0.3 is 9.47 Å². The zero-order chi connectivity index (χ0) is 9.14. The molecule has 0 aromatic carbocycles. The first kappa shape index (κ1) is 9.00. The van der Waals surface area contributed by atoms with Crippen molar-refractivity contribution in [2.24, 2.45) is 0 Å². The minimum Gasteiger partial charge on any atom is -0.425 e. The largest absolute Gasteiger partial charge is 0.425 e. The summed E-state index contributed by atoms with van der Waals surface area (Å²) < 4.78 is 9.95. The van der Waals surface area contributed by atoms with Crippen LogP contribution in [0.4, 0.5) is 0 Å². The van der Waals surface area contributed by atoms with Gasteiger partial charge in [0.1, 0.15) is 11.9 Å². The fourth-order valence-electron chi connectivity index (χ4n) is 0.717. The van der Waals surface area contributed by atoms with Crippen LogP contribution >= 0.6 is 0 Å². The van der Waals surface area contributed by atoms with Gasteiger partial charge in [-0.3, -0.25) is 0 Å². The van der Waals surface area contributed by atoms with Gasteiger partial charge in [-0.15, -0.1) is 0 Å². The summed E-state index contributed by atoms with van der Waals surface area (Å²) in [7, 11) is 0. The Labute approximate surface area is 71.7 Å². The maximum Gasteiger partial charge on any atom is 0.338 e. The van der Waals surface area contributed by atoms with Crippen molar-refractivity contribution in [2.45, 2.75) is 20.0 Å². The number of carbonyl (C=O) groups is 1. The Balaban J connectivity index is 2.48. The van der Waals surface area contributed by atoms with Crippen LogP contribution in [0.1, 0.15) is 13.8 Å². The first-order chi connectivity index (χ1) is 5.65. The summed E-state index contributed by atoms with van der Waals surface area (Å²) in [5.41, 5.74) is 0.398. The average Bonchev–Trinajstić information content (AvgIpc) is 2.82. The number of esters is 1. The van der Waals surface area contributed by atoms with Crippen LogP contribution in [0.2, 0.25) is 0 Å². The van der Waals surface area contributed by atoms with E-state index >= 15 is 0 Å². The number of hydrogen-bond donors (Lipinski definition) is 0. The van der Waals surface area contributed by atoms with Gasteiger partial charge in [-0.1, -0.05) is 6.58 Å². The van der Waals surface area contributed by atoms with E-state index in [9.17, 15) is 4.79 Å². The highest BCUT2D eigenvalue weighted by molar-refractivity contribution is 5.87. The van der Waals surface area contributed by atoms with E-state index in [1.54, 1.807) is 13.0 Å². The smallest absolute Gasteiger partial charge is 0.338 e. The van der Waals surface area contributed by atoms with Crippen LogP contribution in [0.15, 0.2) is 24.0 Å². The number of allylic oxidation sites excluding steroid dienone is 1. The second-order valence-electron chi connectivity index (χ2n) is 2.68. The van der Waals surface area contributed by atoms with Crippen molar-refractivity contribution in [3.05, 3.63) is 24.0 Å². The van der Waals surface area contributed by atoms with Crippen LogP contribution in [0, 0.1) is 0 Å². The third-order valence-corrected chi connectivity index (χ3v) is 1.49. The maximum atomic E-state index is 11.0. The van der Waals surface area contributed by atoms with E-state index < -0.39 is 5.97 Å². The molecule has 1 saturated heterocycles. The van der Waals surface area contributed by atoms with Crippen molar-refractivity contribution in [3.63, 3.8) is 0 Å². The van der Waals surface area contributed by atoms with Gasteiger partial charge in [0.2, 0.25) is 0 Å². The first-order valence-corrected chi connectivity index (χ1v) is 3.80. The molecule has 0 aromatic heterocycles. The summed E-state index contributed by atoms with van der Waals surface area (Å²) in [6.07, 6.45) is 1.72. The van der Waals surface area contributed by atoms with E-state index in [0.717, 1.165) is 0 Å². The van der Waals surface area contributed by atoms with Crippen molar-refractivity contribution in [2.75, 3.05) is 6.61 Å². The monoisotopic (exact) mass is 168 g/mol. The highest BCUT2D eigenvalue weighted by atomic mass is 16.6. The molecule has 1 aliphatic heterocycles. The topological polar surface area (TPSA) is 38.8 Å². The zero-order valence-corrected chi connectivity index (χ0v) is 7.29. The molecule has 1 aliphatic rings. The molecule has 0 aliphatic carbocycles. The fourth-order valence-corrected chi connectivity index (χ4v) is 0.717. The van der Waals surface area contributed by atoms with Crippen molar-refractivity contribution in [3.8, 4) is 0 Å². The number of rotatable bonds is 3. The van der Waals surface area contributed by atoms with E-state index in [-0.39, 0.29) is 6.10 Å². The van der Waals surface area contributed by atoms with Gasteiger partial charge >= 0.3 is 5.97 Å². The molecule has 0 N–H and O–H groups in total. The third kappa shape index (κ3) is 2.20. The zero-order valence-electron chi connectivity index (χ0n) is 7.29. The predicted octanol–water partition coefficient (Wildman–Crippen LogP) is 1.41. The van der Waals surface area contributed by atoms with Gasteiger partial charge in [0.15, 0.2) is 0 Å². The summed E-state index contributed by atoms with van der Waals surface area (Å²) in [6, 6.07) is 0. The first-order valence-electron chi connectivity index (χ1n) is 3.80. The molecule has 0 amide bonds. The fraction of sp³-hybridized carbons (Fsp3) is 0.444.